The van der Waals surface area contributed by atoms with Gasteiger partial charge < -0.3 is 10.1 Å². The molecular formula is C17H12ClF2N5O3. The zero-order chi connectivity index (χ0) is 20.1. The van der Waals surface area contributed by atoms with Crippen LogP contribution in [0.4, 0.5) is 14.5 Å². The number of carbonyl (C=O) groups is 2. The summed E-state index contributed by atoms with van der Waals surface area (Å²) in [5, 5.41) is 14.4. The van der Waals surface area contributed by atoms with Crippen LogP contribution in [0.25, 0.3) is 11.4 Å². The molecule has 0 fully saturated rings. The molecule has 3 rings (SSSR count). The Hall–Kier alpha value is -3.40. The minimum Gasteiger partial charge on any atom is -0.454 e. The van der Waals surface area contributed by atoms with E-state index in [1.54, 1.807) is 24.3 Å². The fourth-order valence-corrected chi connectivity index (χ4v) is 2.23. The van der Waals surface area contributed by atoms with Crippen LogP contribution in [0.5, 0.6) is 0 Å². The predicted octanol–water partition coefficient (Wildman–Crippen LogP) is 2.45. The molecule has 0 aliphatic rings. The third-order valence-corrected chi connectivity index (χ3v) is 3.65. The highest BCUT2D eigenvalue weighted by Crippen LogP contribution is 2.17. The van der Waals surface area contributed by atoms with E-state index in [1.165, 1.54) is 6.07 Å². The summed E-state index contributed by atoms with van der Waals surface area (Å²) in [5.74, 6) is -3.35. The monoisotopic (exact) mass is 407 g/mol. The summed E-state index contributed by atoms with van der Waals surface area (Å²) in [5.41, 5.74) is 0.695. The second-order valence-corrected chi connectivity index (χ2v) is 5.92. The van der Waals surface area contributed by atoms with Gasteiger partial charge in [0, 0.05) is 22.3 Å². The number of hydrogen-bond acceptors (Lipinski definition) is 6. The van der Waals surface area contributed by atoms with E-state index in [2.05, 4.69) is 20.7 Å². The van der Waals surface area contributed by atoms with Gasteiger partial charge in [-0.2, -0.15) is 4.80 Å². The third kappa shape index (κ3) is 5.07. The van der Waals surface area contributed by atoms with Gasteiger partial charge in [0.1, 0.15) is 0 Å². The van der Waals surface area contributed by atoms with E-state index in [0.717, 1.165) is 16.9 Å². The second kappa shape index (κ2) is 8.53. The number of rotatable bonds is 6. The van der Waals surface area contributed by atoms with Gasteiger partial charge in [-0.3, -0.25) is 4.79 Å². The van der Waals surface area contributed by atoms with Gasteiger partial charge in [0.05, 0.1) is 0 Å². The standard InChI is InChI=1S/C17H12ClF2N5O3/c18-11-3-1-10(2-4-11)17-22-24-25(23-17)8-16(27)28-9-15(26)21-12-5-6-13(19)14(20)7-12/h1-7H,8-9H2,(H,21,26). The molecule has 8 nitrogen and oxygen atoms in total. The van der Waals surface area contributed by atoms with Gasteiger partial charge in [-0.1, -0.05) is 11.6 Å². The first-order valence-corrected chi connectivity index (χ1v) is 8.23. The topological polar surface area (TPSA) is 99.0 Å². The number of anilines is 1. The van der Waals surface area contributed by atoms with Gasteiger partial charge in [-0.15, -0.1) is 10.2 Å². The molecule has 0 saturated carbocycles. The maximum Gasteiger partial charge on any atom is 0.330 e. The highest BCUT2D eigenvalue weighted by molar-refractivity contribution is 6.30. The molecule has 0 aliphatic heterocycles. The Bertz CT molecular complexity index is 1010. The number of esters is 1. The van der Waals surface area contributed by atoms with Crippen LogP contribution < -0.4 is 5.32 Å². The van der Waals surface area contributed by atoms with Gasteiger partial charge in [-0.25, -0.2) is 13.6 Å². The lowest BCUT2D eigenvalue weighted by molar-refractivity contribution is -0.148. The molecule has 3 aromatic rings. The molecule has 11 heteroatoms. The zero-order valence-corrected chi connectivity index (χ0v) is 14.9. The molecule has 0 bridgehead atoms. The maximum absolute atomic E-state index is 13.1. The molecule has 1 N–H and O–H groups in total. The van der Waals surface area contributed by atoms with E-state index >= 15 is 0 Å². The van der Waals surface area contributed by atoms with E-state index < -0.39 is 30.1 Å². The maximum atomic E-state index is 13.1. The largest absolute Gasteiger partial charge is 0.454 e. The molecule has 0 atom stereocenters. The van der Waals surface area contributed by atoms with Crippen molar-refractivity contribution in [2.75, 3.05) is 11.9 Å². The fourth-order valence-electron chi connectivity index (χ4n) is 2.10. The highest BCUT2D eigenvalue weighted by atomic mass is 35.5. The summed E-state index contributed by atoms with van der Waals surface area (Å²) in [6.07, 6.45) is 0. The zero-order valence-electron chi connectivity index (χ0n) is 14.1. The number of nitrogens with zero attached hydrogens (tertiary/aromatic N) is 4. The van der Waals surface area contributed by atoms with Crippen LogP contribution >= 0.6 is 11.6 Å². The summed E-state index contributed by atoms with van der Waals surface area (Å²) in [6, 6.07) is 9.58. The lowest BCUT2D eigenvalue weighted by Crippen LogP contribution is -2.23. The van der Waals surface area contributed by atoms with Crippen molar-refractivity contribution in [2.45, 2.75) is 6.54 Å². The number of aromatic nitrogens is 4. The van der Waals surface area contributed by atoms with E-state index in [4.69, 9.17) is 16.3 Å². The number of nitrogens with one attached hydrogen (secondary N) is 1. The predicted molar refractivity (Wildman–Crippen MR) is 94.2 cm³/mol. The van der Waals surface area contributed by atoms with Crippen LogP contribution in [-0.4, -0.2) is 38.7 Å². The number of ether oxygens (including phenoxy) is 1. The molecule has 28 heavy (non-hydrogen) atoms. The Morgan fingerprint density at radius 3 is 2.57 bits per heavy atom. The van der Waals surface area contributed by atoms with Crippen molar-refractivity contribution in [3.63, 3.8) is 0 Å². The van der Waals surface area contributed by atoms with Gasteiger partial charge >= 0.3 is 5.97 Å². The molecule has 144 valence electrons. The Morgan fingerprint density at radius 1 is 1.11 bits per heavy atom. The van der Waals surface area contributed by atoms with Crippen molar-refractivity contribution in [1.82, 2.24) is 20.2 Å². The molecule has 0 aliphatic carbocycles. The van der Waals surface area contributed by atoms with Crippen molar-refractivity contribution in [1.29, 1.82) is 0 Å². The molecule has 0 radical (unpaired) electrons. The first-order chi connectivity index (χ1) is 13.4. The van der Waals surface area contributed by atoms with Crippen LogP contribution in [0.2, 0.25) is 5.02 Å². The van der Waals surface area contributed by atoms with Crippen LogP contribution in [0.1, 0.15) is 0 Å². The Labute approximate surface area is 162 Å². The molecule has 0 saturated heterocycles. The van der Waals surface area contributed by atoms with Crippen LogP contribution in [0, 0.1) is 11.6 Å². The fraction of sp³-hybridized carbons (Fsp3) is 0.118. The minimum absolute atomic E-state index is 0.0329. The summed E-state index contributed by atoms with van der Waals surface area (Å²) in [7, 11) is 0. The van der Waals surface area contributed by atoms with Gasteiger partial charge in [0.25, 0.3) is 5.91 Å². The van der Waals surface area contributed by atoms with Gasteiger partial charge in [0.15, 0.2) is 24.8 Å². The van der Waals surface area contributed by atoms with Crippen molar-refractivity contribution in [3.8, 4) is 11.4 Å². The summed E-state index contributed by atoms with van der Waals surface area (Å²) in [6.45, 7) is -0.977. The van der Waals surface area contributed by atoms with E-state index in [9.17, 15) is 18.4 Å². The van der Waals surface area contributed by atoms with Gasteiger partial charge in [-0.05, 0) is 41.6 Å². The number of hydrogen-bond donors (Lipinski definition) is 1. The first kappa shape index (κ1) is 19.4. The van der Waals surface area contributed by atoms with Crippen molar-refractivity contribution < 1.29 is 23.1 Å². The van der Waals surface area contributed by atoms with E-state index in [0.29, 0.717) is 16.4 Å². The number of halogens is 3. The first-order valence-electron chi connectivity index (χ1n) is 7.85. The highest BCUT2D eigenvalue weighted by Gasteiger charge is 2.13. The lowest BCUT2D eigenvalue weighted by Gasteiger charge is -2.06. The summed E-state index contributed by atoms with van der Waals surface area (Å²) < 4.78 is 30.7. The third-order valence-electron chi connectivity index (χ3n) is 3.39. The Kier molecular flexibility index (Phi) is 5.90. The average Bonchev–Trinajstić information content (AvgIpc) is 3.12. The summed E-state index contributed by atoms with van der Waals surface area (Å²) in [4.78, 5) is 24.5. The number of tetrazole rings is 1. The minimum atomic E-state index is -1.11. The SMILES string of the molecule is O=C(COC(=O)Cn1nnc(-c2ccc(Cl)cc2)n1)Nc1ccc(F)c(F)c1. The van der Waals surface area contributed by atoms with Crippen LogP contribution in [0.3, 0.4) is 0 Å². The molecule has 0 spiro atoms. The number of benzene rings is 2. The van der Waals surface area contributed by atoms with Gasteiger partial charge in [0.2, 0.25) is 5.82 Å². The van der Waals surface area contributed by atoms with Crippen LogP contribution in [0.15, 0.2) is 42.5 Å². The molecule has 1 aromatic heterocycles. The smallest absolute Gasteiger partial charge is 0.330 e. The molecule has 2 aromatic carbocycles. The van der Waals surface area contributed by atoms with Crippen molar-refractivity contribution >= 4 is 29.2 Å². The average molecular weight is 408 g/mol. The van der Waals surface area contributed by atoms with Crippen LogP contribution in [-0.2, 0) is 20.9 Å². The summed E-state index contributed by atoms with van der Waals surface area (Å²) >= 11 is 5.81. The quantitative estimate of drug-likeness (QED) is 0.630. The molecule has 0 unspecified atom stereocenters. The molecular weight excluding hydrogens is 396 g/mol. The van der Waals surface area contributed by atoms with E-state index in [-0.39, 0.29) is 12.2 Å². The van der Waals surface area contributed by atoms with Crippen molar-refractivity contribution in [3.05, 3.63) is 59.1 Å². The number of carbonyl (C=O) groups excluding carboxylic acids is 2. The Morgan fingerprint density at radius 2 is 1.86 bits per heavy atom. The van der Waals surface area contributed by atoms with E-state index in [1.807, 2.05) is 0 Å². The Balaban J connectivity index is 1.49. The number of amides is 1. The second-order valence-electron chi connectivity index (χ2n) is 5.49. The lowest BCUT2D eigenvalue weighted by atomic mass is 10.2. The van der Waals surface area contributed by atoms with Crippen molar-refractivity contribution in [2.24, 2.45) is 0 Å². The normalized spacial score (nSPS) is 10.5. The molecule has 1 amide bonds. The molecule has 1 heterocycles.